The van der Waals surface area contributed by atoms with Crippen LogP contribution in [0.3, 0.4) is 0 Å². The minimum Gasteiger partial charge on any atom is -0.497 e. The van der Waals surface area contributed by atoms with Crippen LogP contribution < -0.4 is 4.74 Å². The van der Waals surface area contributed by atoms with Crippen LogP contribution in [-0.4, -0.2) is 7.11 Å². The summed E-state index contributed by atoms with van der Waals surface area (Å²) in [6, 6.07) is 16.2. The summed E-state index contributed by atoms with van der Waals surface area (Å²) in [6.45, 7) is 0. The smallest absolute Gasteiger partial charge is 0.119 e. The van der Waals surface area contributed by atoms with Crippen LogP contribution in [0.2, 0.25) is 0 Å². The van der Waals surface area contributed by atoms with Crippen molar-refractivity contribution in [2.75, 3.05) is 7.11 Å². The highest BCUT2D eigenvalue weighted by molar-refractivity contribution is 5.42. The summed E-state index contributed by atoms with van der Waals surface area (Å²) in [6.07, 6.45) is 1.99. The Kier molecular flexibility index (Phi) is 3.80. The Morgan fingerprint density at radius 2 is 2.00 bits per heavy atom. The molecule has 106 valence electrons. The van der Waals surface area contributed by atoms with E-state index in [2.05, 4.69) is 28.2 Å². The van der Waals surface area contributed by atoms with Crippen molar-refractivity contribution in [3.8, 4) is 5.75 Å². The molecule has 21 heavy (non-hydrogen) atoms. The molecule has 2 aromatic rings. The minimum absolute atomic E-state index is 0.170. The molecule has 4 nitrogen and oxygen atoms in total. The highest BCUT2D eigenvalue weighted by Gasteiger charge is 2.30. The summed E-state index contributed by atoms with van der Waals surface area (Å²) in [5.41, 5.74) is 12.5. The molecule has 0 N–H and O–H groups in total. The van der Waals surface area contributed by atoms with E-state index < -0.39 is 0 Å². The van der Waals surface area contributed by atoms with Gasteiger partial charge in [0.05, 0.1) is 13.2 Å². The van der Waals surface area contributed by atoms with E-state index in [0.29, 0.717) is 0 Å². The zero-order chi connectivity index (χ0) is 14.7. The Morgan fingerprint density at radius 1 is 1.19 bits per heavy atom. The molecule has 0 fully saturated rings. The van der Waals surface area contributed by atoms with Crippen molar-refractivity contribution in [3.05, 3.63) is 75.7 Å². The number of aryl methyl sites for hydroxylation is 1. The van der Waals surface area contributed by atoms with Gasteiger partial charge >= 0.3 is 0 Å². The minimum atomic E-state index is -0.170. The predicted molar refractivity (Wildman–Crippen MR) is 82.4 cm³/mol. The van der Waals surface area contributed by atoms with Gasteiger partial charge < -0.3 is 4.74 Å². The molecule has 2 atom stereocenters. The molecule has 0 saturated carbocycles. The number of methoxy groups -OCH3 is 1. The van der Waals surface area contributed by atoms with E-state index in [9.17, 15) is 0 Å². The van der Waals surface area contributed by atoms with Gasteiger partial charge in [-0.25, -0.2) is 0 Å². The Labute approximate surface area is 124 Å². The van der Waals surface area contributed by atoms with Gasteiger partial charge in [0.15, 0.2) is 0 Å². The second kappa shape index (κ2) is 5.90. The zero-order valence-electron chi connectivity index (χ0n) is 11.9. The molecule has 2 aromatic carbocycles. The van der Waals surface area contributed by atoms with Gasteiger partial charge in [-0.1, -0.05) is 41.5 Å². The quantitative estimate of drug-likeness (QED) is 0.453. The monoisotopic (exact) mass is 279 g/mol. The van der Waals surface area contributed by atoms with Crippen molar-refractivity contribution in [3.63, 3.8) is 0 Å². The highest BCUT2D eigenvalue weighted by atomic mass is 16.5. The molecule has 0 radical (unpaired) electrons. The number of fused-ring (bicyclic) bond motifs is 1. The lowest BCUT2D eigenvalue weighted by molar-refractivity contribution is 0.410. The highest BCUT2D eigenvalue weighted by Crippen LogP contribution is 2.44. The van der Waals surface area contributed by atoms with Crippen LogP contribution in [0.5, 0.6) is 5.75 Å². The fraction of sp³-hybridized carbons (Fsp3) is 0.294. The van der Waals surface area contributed by atoms with Crippen LogP contribution in [0, 0.1) is 0 Å². The molecule has 0 aromatic heterocycles. The van der Waals surface area contributed by atoms with E-state index in [1.807, 2.05) is 30.3 Å². The van der Waals surface area contributed by atoms with Crippen molar-refractivity contribution in [1.82, 2.24) is 0 Å². The number of ether oxygens (including phenoxy) is 1. The summed E-state index contributed by atoms with van der Waals surface area (Å²) < 4.78 is 5.31. The number of azide groups is 1. The summed E-state index contributed by atoms with van der Waals surface area (Å²) in [4.78, 5) is 3.07. The Bertz CT molecular complexity index is 678. The van der Waals surface area contributed by atoms with Crippen molar-refractivity contribution in [2.45, 2.75) is 24.8 Å². The molecule has 0 spiro atoms. The fourth-order valence-electron chi connectivity index (χ4n) is 3.14. The van der Waals surface area contributed by atoms with Crippen LogP contribution in [0.25, 0.3) is 10.4 Å². The third kappa shape index (κ3) is 2.58. The number of benzene rings is 2. The van der Waals surface area contributed by atoms with Gasteiger partial charge in [0.2, 0.25) is 0 Å². The zero-order valence-corrected chi connectivity index (χ0v) is 11.9. The predicted octanol–water partition coefficient (Wildman–Crippen LogP) is 4.78. The molecule has 0 amide bonds. The maximum Gasteiger partial charge on any atom is 0.119 e. The van der Waals surface area contributed by atoms with E-state index in [1.165, 1.54) is 11.1 Å². The first-order valence-corrected chi connectivity index (χ1v) is 7.09. The van der Waals surface area contributed by atoms with Gasteiger partial charge in [0.25, 0.3) is 0 Å². The molecule has 3 rings (SSSR count). The summed E-state index contributed by atoms with van der Waals surface area (Å²) in [7, 11) is 1.65. The molecule has 0 aliphatic heterocycles. The third-order valence-electron chi connectivity index (χ3n) is 4.18. The second-order valence-electron chi connectivity index (χ2n) is 5.27. The van der Waals surface area contributed by atoms with E-state index in [4.69, 9.17) is 10.3 Å². The lowest BCUT2D eigenvalue weighted by Gasteiger charge is -2.31. The lowest BCUT2D eigenvalue weighted by Crippen LogP contribution is -2.17. The number of hydrogen-bond donors (Lipinski definition) is 0. The molecule has 1 aliphatic carbocycles. The van der Waals surface area contributed by atoms with E-state index in [-0.39, 0.29) is 12.0 Å². The van der Waals surface area contributed by atoms with Crippen LogP contribution in [-0.2, 0) is 6.42 Å². The van der Waals surface area contributed by atoms with Crippen LogP contribution in [0.15, 0.2) is 53.6 Å². The SMILES string of the molecule is COc1ccc2c(c1)[C@H](N=[N+]=[N-])[C@@H](c1ccccc1)CC2. The third-order valence-corrected chi connectivity index (χ3v) is 4.18. The van der Waals surface area contributed by atoms with Crippen molar-refractivity contribution in [2.24, 2.45) is 5.11 Å². The first-order chi connectivity index (χ1) is 10.3. The molecule has 4 heteroatoms. The van der Waals surface area contributed by atoms with E-state index in [0.717, 1.165) is 24.2 Å². The van der Waals surface area contributed by atoms with Gasteiger partial charge in [-0.05, 0) is 53.1 Å². The van der Waals surface area contributed by atoms with Crippen LogP contribution in [0.4, 0.5) is 0 Å². The van der Waals surface area contributed by atoms with Gasteiger partial charge in [-0.15, -0.1) is 0 Å². The van der Waals surface area contributed by atoms with Gasteiger partial charge in [0, 0.05) is 4.91 Å². The maximum absolute atomic E-state index is 8.96. The maximum atomic E-state index is 8.96. The summed E-state index contributed by atoms with van der Waals surface area (Å²) in [5.74, 6) is 1.03. The van der Waals surface area contributed by atoms with Crippen LogP contribution >= 0.6 is 0 Å². The summed E-state index contributed by atoms with van der Waals surface area (Å²) in [5, 5.41) is 4.08. The number of nitrogens with zero attached hydrogens (tertiary/aromatic N) is 3. The van der Waals surface area contributed by atoms with Crippen molar-refractivity contribution >= 4 is 0 Å². The van der Waals surface area contributed by atoms with Crippen molar-refractivity contribution < 1.29 is 4.74 Å². The molecule has 0 unspecified atom stereocenters. The van der Waals surface area contributed by atoms with Gasteiger partial charge in [-0.2, -0.15) is 0 Å². The average Bonchev–Trinajstić information content (AvgIpc) is 2.55. The normalized spacial score (nSPS) is 20.2. The fourth-order valence-corrected chi connectivity index (χ4v) is 3.14. The summed E-state index contributed by atoms with van der Waals surface area (Å²) >= 11 is 0. The molecular formula is C17H17N3O. The van der Waals surface area contributed by atoms with E-state index >= 15 is 0 Å². The van der Waals surface area contributed by atoms with Crippen molar-refractivity contribution in [1.29, 1.82) is 0 Å². The largest absolute Gasteiger partial charge is 0.497 e. The topological polar surface area (TPSA) is 58.0 Å². The number of hydrogen-bond acceptors (Lipinski definition) is 2. The first kappa shape index (κ1) is 13.5. The average molecular weight is 279 g/mol. The molecule has 0 saturated heterocycles. The Balaban J connectivity index is 2.07. The van der Waals surface area contributed by atoms with Gasteiger partial charge in [-0.3, -0.25) is 0 Å². The molecule has 0 bridgehead atoms. The Hall–Kier alpha value is -2.45. The molecular weight excluding hydrogens is 262 g/mol. The first-order valence-electron chi connectivity index (χ1n) is 7.09. The standard InChI is InChI=1S/C17H17N3O/c1-21-14-9-7-13-8-10-15(12-5-3-2-4-6-12)17(19-20-18)16(13)11-14/h2-7,9,11,15,17H,8,10H2,1H3/t15-,17-/m1/s1. The van der Waals surface area contributed by atoms with Gasteiger partial charge in [0.1, 0.15) is 5.75 Å². The lowest BCUT2D eigenvalue weighted by atomic mass is 9.76. The van der Waals surface area contributed by atoms with Crippen LogP contribution in [0.1, 0.15) is 35.1 Å². The molecule has 0 heterocycles. The second-order valence-corrected chi connectivity index (χ2v) is 5.27. The van der Waals surface area contributed by atoms with E-state index in [1.54, 1.807) is 7.11 Å². The molecule has 1 aliphatic rings. The Morgan fingerprint density at radius 3 is 2.71 bits per heavy atom. The number of rotatable bonds is 3.